The van der Waals surface area contributed by atoms with Crippen LogP contribution in [0.25, 0.3) is 0 Å². The monoisotopic (exact) mass is 463 g/mol. The van der Waals surface area contributed by atoms with Gasteiger partial charge in [-0.05, 0) is 53.6 Å². The van der Waals surface area contributed by atoms with Crippen molar-refractivity contribution in [2.75, 3.05) is 20.3 Å². The highest BCUT2D eigenvalue weighted by molar-refractivity contribution is 6.30. The van der Waals surface area contributed by atoms with Gasteiger partial charge in [0.05, 0.1) is 19.4 Å². The topological polar surface area (TPSA) is 92.9 Å². The van der Waals surface area contributed by atoms with E-state index in [1.54, 1.807) is 66.7 Å². The molecule has 3 aromatic carbocycles. The van der Waals surface area contributed by atoms with E-state index in [4.69, 9.17) is 25.8 Å². The minimum atomic E-state index is -0.941. The predicted molar refractivity (Wildman–Crippen MR) is 126 cm³/mol. The quantitative estimate of drug-likeness (QED) is 0.270. The molecular formula is C25H22ClN3O4. The van der Waals surface area contributed by atoms with E-state index in [2.05, 4.69) is 10.5 Å². The second-order valence-electron chi connectivity index (χ2n) is 6.77. The molecular weight excluding hydrogens is 442 g/mol. The molecule has 8 heteroatoms. The summed E-state index contributed by atoms with van der Waals surface area (Å²) in [6.07, 6.45) is 1.47. The standard InChI is InChI=1S/C25H22ClN3O4/c1-31-24-15-18(17-28-29-25(30)22(16-27)19-5-3-2-4-6-19)7-12-23(24)33-14-13-32-21-10-8-20(26)9-11-21/h2-12,15,17,22H,13-14H2,1H3,(H,29,30)/b28-17-/t22-/m0/s1. The fraction of sp³-hybridized carbons (Fsp3) is 0.160. The molecule has 0 saturated heterocycles. The Bertz CT molecular complexity index is 1130. The van der Waals surface area contributed by atoms with Gasteiger partial charge >= 0.3 is 0 Å². The van der Waals surface area contributed by atoms with Crippen LogP contribution >= 0.6 is 11.6 Å². The van der Waals surface area contributed by atoms with Crippen LogP contribution in [-0.2, 0) is 4.79 Å². The predicted octanol–water partition coefficient (Wildman–Crippen LogP) is 4.56. The third kappa shape index (κ3) is 6.99. The Kier molecular flexibility index (Phi) is 8.69. The van der Waals surface area contributed by atoms with Crippen LogP contribution in [0, 0.1) is 11.3 Å². The summed E-state index contributed by atoms with van der Waals surface area (Å²) in [6, 6.07) is 23.1. The van der Waals surface area contributed by atoms with Crippen molar-refractivity contribution in [3.63, 3.8) is 0 Å². The number of hydrogen-bond acceptors (Lipinski definition) is 6. The lowest BCUT2D eigenvalue weighted by Gasteiger charge is -2.12. The summed E-state index contributed by atoms with van der Waals surface area (Å²) < 4.78 is 16.7. The van der Waals surface area contributed by atoms with Gasteiger partial charge in [0.2, 0.25) is 0 Å². The lowest BCUT2D eigenvalue weighted by molar-refractivity contribution is -0.121. The SMILES string of the molecule is COc1cc(/C=N\NC(=O)[C@@H](C#N)c2ccccc2)ccc1OCCOc1ccc(Cl)cc1. The minimum absolute atomic E-state index is 0.317. The third-order valence-electron chi connectivity index (χ3n) is 4.52. The fourth-order valence-corrected chi connectivity index (χ4v) is 3.02. The third-order valence-corrected chi connectivity index (χ3v) is 4.78. The number of nitrogens with one attached hydrogen (secondary N) is 1. The van der Waals surface area contributed by atoms with E-state index in [9.17, 15) is 10.1 Å². The molecule has 168 valence electrons. The van der Waals surface area contributed by atoms with Gasteiger partial charge < -0.3 is 14.2 Å². The maximum atomic E-state index is 12.3. The van der Waals surface area contributed by atoms with Crippen LogP contribution in [0.5, 0.6) is 17.2 Å². The number of nitriles is 1. The van der Waals surface area contributed by atoms with Gasteiger partial charge in [-0.15, -0.1) is 0 Å². The Hall–Kier alpha value is -4.02. The molecule has 0 unspecified atom stereocenters. The van der Waals surface area contributed by atoms with Crippen molar-refractivity contribution < 1.29 is 19.0 Å². The number of carbonyl (C=O) groups excluding carboxylic acids is 1. The molecule has 0 spiro atoms. The zero-order chi connectivity index (χ0) is 23.5. The van der Waals surface area contributed by atoms with Crippen molar-refractivity contribution in [1.29, 1.82) is 5.26 Å². The number of amides is 1. The van der Waals surface area contributed by atoms with Crippen LogP contribution in [0.15, 0.2) is 77.9 Å². The van der Waals surface area contributed by atoms with Gasteiger partial charge in [0.25, 0.3) is 5.91 Å². The number of benzene rings is 3. The van der Waals surface area contributed by atoms with Gasteiger partial charge in [-0.2, -0.15) is 10.4 Å². The Balaban J connectivity index is 1.53. The molecule has 0 heterocycles. The van der Waals surface area contributed by atoms with Gasteiger partial charge in [0.15, 0.2) is 17.4 Å². The van der Waals surface area contributed by atoms with Crippen LogP contribution < -0.4 is 19.6 Å². The number of methoxy groups -OCH3 is 1. The molecule has 0 radical (unpaired) electrons. The van der Waals surface area contributed by atoms with Crippen LogP contribution in [0.4, 0.5) is 0 Å². The van der Waals surface area contributed by atoms with E-state index in [1.807, 2.05) is 12.1 Å². The highest BCUT2D eigenvalue weighted by atomic mass is 35.5. The molecule has 0 aliphatic rings. The summed E-state index contributed by atoms with van der Waals surface area (Å²) in [5, 5.41) is 13.9. The fourth-order valence-electron chi connectivity index (χ4n) is 2.89. The van der Waals surface area contributed by atoms with Crippen LogP contribution in [0.1, 0.15) is 17.0 Å². The van der Waals surface area contributed by atoms with E-state index in [0.29, 0.717) is 46.6 Å². The molecule has 0 fully saturated rings. The second-order valence-corrected chi connectivity index (χ2v) is 7.20. The van der Waals surface area contributed by atoms with Crippen LogP contribution in [0.3, 0.4) is 0 Å². The Morgan fingerprint density at radius 3 is 2.48 bits per heavy atom. The van der Waals surface area contributed by atoms with Crippen molar-refractivity contribution in [3.05, 3.63) is 88.9 Å². The number of halogens is 1. The van der Waals surface area contributed by atoms with Crippen molar-refractivity contribution in [3.8, 4) is 23.3 Å². The van der Waals surface area contributed by atoms with Crippen LogP contribution in [-0.4, -0.2) is 32.4 Å². The first-order valence-corrected chi connectivity index (χ1v) is 10.4. The average Bonchev–Trinajstić information content (AvgIpc) is 2.84. The Morgan fingerprint density at radius 2 is 1.79 bits per heavy atom. The molecule has 33 heavy (non-hydrogen) atoms. The molecule has 3 aromatic rings. The second kappa shape index (κ2) is 12.1. The first kappa shape index (κ1) is 23.6. The summed E-state index contributed by atoms with van der Waals surface area (Å²) in [4.78, 5) is 12.3. The molecule has 3 rings (SSSR count). The summed E-state index contributed by atoms with van der Waals surface area (Å²) in [5.41, 5.74) is 3.70. The largest absolute Gasteiger partial charge is 0.493 e. The lowest BCUT2D eigenvalue weighted by atomic mass is 10.0. The number of nitrogens with zero attached hydrogens (tertiary/aromatic N) is 2. The normalized spacial score (nSPS) is 11.4. The van der Waals surface area contributed by atoms with E-state index in [1.165, 1.54) is 13.3 Å². The van der Waals surface area contributed by atoms with Gasteiger partial charge in [0, 0.05) is 5.02 Å². The molecule has 1 atom stereocenters. The highest BCUT2D eigenvalue weighted by Gasteiger charge is 2.19. The maximum absolute atomic E-state index is 12.3. The van der Waals surface area contributed by atoms with Crippen molar-refractivity contribution in [2.45, 2.75) is 5.92 Å². The lowest BCUT2D eigenvalue weighted by Crippen LogP contribution is -2.24. The molecule has 0 bridgehead atoms. The number of hydrazone groups is 1. The summed E-state index contributed by atoms with van der Waals surface area (Å²) in [6.45, 7) is 0.666. The number of ether oxygens (including phenoxy) is 3. The van der Waals surface area contributed by atoms with E-state index in [-0.39, 0.29) is 0 Å². The first-order valence-electron chi connectivity index (χ1n) is 10.1. The van der Waals surface area contributed by atoms with Crippen molar-refractivity contribution in [1.82, 2.24) is 5.43 Å². The Labute approximate surface area is 197 Å². The summed E-state index contributed by atoms with van der Waals surface area (Å²) >= 11 is 5.86. The molecule has 0 saturated carbocycles. The summed E-state index contributed by atoms with van der Waals surface area (Å²) in [5.74, 6) is 0.314. The minimum Gasteiger partial charge on any atom is -0.493 e. The van der Waals surface area contributed by atoms with Crippen molar-refractivity contribution in [2.24, 2.45) is 5.10 Å². The van der Waals surface area contributed by atoms with Gasteiger partial charge in [-0.25, -0.2) is 5.43 Å². The average molecular weight is 464 g/mol. The molecule has 0 aliphatic carbocycles. The molecule has 1 N–H and O–H groups in total. The van der Waals surface area contributed by atoms with Gasteiger partial charge in [-0.1, -0.05) is 41.9 Å². The zero-order valence-electron chi connectivity index (χ0n) is 17.9. The Morgan fingerprint density at radius 1 is 1.06 bits per heavy atom. The highest BCUT2D eigenvalue weighted by Crippen LogP contribution is 2.27. The van der Waals surface area contributed by atoms with Crippen LogP contribution in [0.2, 0.25) is 5.02 Å². The zero-order valence-corrected chi connectivity index (χ0v) is 18.7. The number of carbonyl (C=O) groups is 1. The smallest absolute Gasteiger partial charge is 0.261 e. The maximum Gasteiger partial charge on any atom is 0.261 e. The molecule has 1 amide bonds. The summed E-state index contributed by atoms with van der Waals surface area (Å²) in [7, 11) is 1.53. The molecule has 0 aliphatic heterocycles. The molecule has 7 nitrogen and oxygen atoms in total. The number of rotatable bonds is 10. The first-order chi connectivity index (χ1) is 16.1. The van der Waals surface area contributed by atoms with E-state index in [0.717, 1.165) is 0 Å². The van der Waals surface area contributed by atoms with Crippen molar-refractivity contribution >= 4 is 23.7 Å². The van der Waals surface area contributed by atoms with E-state index < -0.39 is 11.8 Å². The number of hydrogen-bond donors (Lipinski definition) is 1. The van der Waals surface area contributed by atoms with Gasteiger partial charge in [0.1, 0.15) is 19.0 Å². The van der Waals surface area contributed by atoms with E-state index >= 15 is 0 Å². The van der Waals surface area contributed by atoms with Gasteiger partial charge in [-0.3, -0.25) is 4.79 Å². The molecule has 0 aromatic heterocycles.